The summed E-state index contributed by atoms with van der Waals surface area (Å²) in [6, 6.07) is 8.54. The van der Waals surface area contributed by atoms with Crippen molar-refractivity contribution < 1.29 is 0 Å². The lowest BCUT2D eigenvalue weighted by Crippen LogP contribution is -2.17. The molecule has 0 aliphatic heterocycles. The Morgan fingerprint density at radius 3 is 3.00 bits per heavy atom. The molecule has 0 amide bonds. The van der Waals surface area contributed by atoms with Gasteiger partial charge in [-0.1, -0.05) is 6.07 Å². The van der Waals surface area contributed by atoms with Crippen molar-refractivity contribution in [2.45, 2.75) is 19.5 Å². The van der Waals surface area contributed by atoms with Gasteiger partial charge >= 0.3 is 0 Å². The van der Waals surface area contributed by atoms with Gasteiger partial charge in [-0.2, -0.15) is 5.10 Å². The van der Waals surface area contributed by atoms with Crippen LogP contribution >= 0.6 is 11.3 Å². The Labute approximate surface area is 121 Å². The third-order valence-corrected chi connectivity index (χ3v) is 4.29. The molecular weight excluding hydrogens is 268 g/mol. The van der Waals surface area contributed by atoms with Gasteiger partial charge in [-0.25, -0.2) is 0 Å². The number of pyridine rings is 1. The Balaban J connectivity index is 1.72. The van der Waals surface area contributed by atoms with Gasteiger partial charge in [0.15, 0.2) is 0 Å². The first-order valence-electron chi connectivity index (χ1n) is 6.54. The topological polar surface area (TPSA) is 53.6 Å². The Morgan fingerprint density at radius 2 is 2.25 bits per heavy atom. The van der Waals surface area contributed by atoms with Gasteiger partial charge in [-0.05, 0) is 30.5 Å². The molecule has 3 heterocycles. The van der Waals surface area contributed by atoms with Crippen molar-refractivity contribution in [3.8, 4) is 11.3 Å². The Bertz CT molecular complexity index is 646. The van der Waals surface area contributed by atoms with Crippen LogP contribution in [-0.4, -0.2) is 15.2 Å². The molecule has 20 heavy (non-hydrogen) atoms. The number of hydrogen-bond acceptors (Lipinski definition) is 4. The van der Waals surface area contributed by atoms with Crippen molar-refractivity contribution in [1.29, 1.82) is 0 Å². The summed E-state index contributed by atoms with van der Waals surface area (Å²) >= 11 is 1.77. The number of hydrogen-bond donors (Lipinski definition) is 2. The standard InChI is InChI=1S/C15H16N4S/c1-11(14-5-3-7-20-14)17-9-13-10-18-19-15(13)12-4-2-6-16-8-12/h2-8,10-11,17H,9H2,1H3,(H,18,19)/t11-/m0/s1. The highest BCUT2D eigenvalue weighted by Gasteiger charge is 2.10. The monoisotopic (exact) mass is 284 g/mol. The highest BCUT2D eigenvalue weighted by Crippen LogP contribution is 2.22. The van der Waals surface area contributed by atoms with Crippen molar-refractivity contribution >= 4 is 11.3 Å². The molecule has 2 N–H and O–H groups in total. The van der Waals surface area contributed by atoms with Gasteiger partial charge in [-0.15, -0.1) is 11.3 Å². The van der Waals surface area contributed by atoms with Crippen LogP contribution in [0, 0.1) is 0 Å². The lowest BCUT2D eigenvalue weighted by molar-refractivity contribution is 0.583. The fraction of sp³-hybridized carbons (Fsp3) is 0.200. The van der Waals surface area contributed by atoms with E-state index in [-0.39, 0.29) is 0 Å². The Morgan fingerprint density at radius 1 is 1.30 bits per heavy atom. The summed E-state index contributed by atoms with van der Waals surface area (Å²) in [5.41, 5.74) is 3.25. The van der Waals surface area contributed by atoms with Crippen molar-refractivity contribution in [1.82, 2.24) is 20.5 Å². The van der Waals surface area contributed by atoms with Crippen LogP contribution in [-0.2, 0) is 6.54 Å². The lowest BCUT2D eigenvalue weighted by atomic mass is 10.1. The number of rotatable bonds is 5. The van der Waals surface area contributed by atoms with Crippen molar-refractivity contribution in [3.63, 3.8) is 0 Å². The molecule has 0 fully saturated rings. The van der Waals surface area contributed by atoms with Crippen LogP contribution in [0.2, 0.25) is 0 Å². The smallest absolute Gasteiger partial charge is 0.0710 e. The summed E-state index contributed by atoms with van der Waals surface area (Å²) in [5, 5.41) is 12.8. The minimum Gasteiger partial charge on any atom is -0.305 e. The van der Waals surface area contributed by atoms with E-state index in [0.717, 1.165) is 23.4 Å². The lowest BCUT2D eigenvalue weighted by Gasteiger charge is -2.12. The zero-order chi connectivity index (χ0) is 13.8. The molecule has 0 saturated heterocycles. The van der Waals surface area contributed by atoms with Crippen LogP contribution < -0.4 is 5.32 Å². The van der Waals surface area contributed by atoms with Gasteiger partial charge in [0.2, 0.25) is 0 Å². The van der Waals surface area contributed by atoms with E-state index in [4.69, 9.17) is 0 Å². The van der Waals surface area contributed by atoms with Crippen LogP contribution in [0.1, 0.15) is 23.4 Å². The quantitative estimate of drug-likeness (QED) is 0.755. The van der Waals surface area contributed by atoms with Gasteiger partial charge in [-0.3, -0.25) is 10.1 Å². The molecule has 0 bridgehead atoms. The third-order valence-electron chi connectivity index (χ3n) is 3.24. The fourth-order valence-corrected chi connectivity index (χ4v) is 2.87. The predicted molar refractivity (Wildman–Crippen MR) is 81.4 cm³/mol. The summed E-state index contributed by atoms with van der Waals surface area (Å²) in [6.07, 6.45) is 5.49. The minimum absolute atomic E-state index is 0.339. The molecule has 0 spiro atoms. The normalized spacial score (nSPS) is 12.4. The average Bonchev–Trinajstić information content (AvgIpc) is 3.17. The predicted octanol–water partition coefficient (Wildman–Crippen LogP) is 3.38. The molecule has 3 aromatic heterocycles. The van der Waals surface area contributed by atoms with Crippen LogP contribution in [0.4, 0.5) is 0 Å². The van der Waals surface area contributed by atoms with Crippen LogP contribution in [0.3, 0.4) is 0 Å². The largest absolute Gasteiger partial charge is 0.305 e. The molecule has 0 saturated carbocycles. The van der Waals surface area contributed by atoms with E-state index in [1.165, 1.54) is 4.88 Å². The number of nitrogens with one attached hydrogen (secondary N) is 2. The molecular formula is C15H16N4S. The van der Waals surface area contributed by atoms with Crippen molar-refractivity contribution in [2.24, 2.45) is 0 Å². The second kappa shape index (κ2) is 5.98. The van der Waals surface area contributed by atoms with Gasteiger partial charge in [0.1, 0.15) is 0 Å². The van der Waals surface area contributed by atoms with Gasteiger partial charge in [0.05, 0.1) is 11.9 Å². The molecule has 5 heteroatoms. The molecule has 0 aromatic carbocycles. The molecule has 1 atom stereocenters. The van der Waals surface area contributed by atoms with E-state index in [2.05, 4.69) is 44.9 Å². The second-order valence-corrected chi connectivity index (χ2v) is 5.61. The van der Waals surface area contributed by atoms with Gasteiger partial charge in [0, 0.05) is 41.0 Å². The van der Waals surface area contributed by atoms with E-state index in [1.54, 1.807) is 17.5 Å². The molecule has 3 aromatic rings. The highest BCUT2D eigenvalue weighted by atomic mass is 32.1. The summed E-state index contributed by atoms with van der Waals surface area (Å²) < 4.78 is 0. The zero-order valence-electron chi connectivity index (χ0n) is 11.2. The maximum atomic E-state index is 4.15. The Hall–Kier alpha value is -1.98. The first-order chi connectivity index (χ1) is 9.84. The van der Waals surface area contributed by atoms with Crippen LogP contribution in [0.15, 0.2) is 48.2 Å². The summed E-state index contributed by atoms with van der Waals surface area (Å²) in [5.74, 6) is 0. The van der Waals surface area contributed by atoms with E-state index >= 15 is 0 Å². The third kappa shape index (κ3) is 2.79. The highest BCUT2D eigenvalue weighted by molar-refractivity contribution is 7.10. The van der Waals surface area contributed by atoms with Crippen molar-refractivity contribution in [3.05, 3.63) is 58.7 Å². The number of nitrogens with zero attached hydrogens (tertiary/aromatic N) is 2. The average molecular weight is 284 g/mol. The maximum absolute atomic E-state index is 4.15. The van der Waals surface area contributed by atoms with Gasteiger partial charge in [0.25, 0.3) is 0 Å². The molecule has 0 radical (unpaired) electrons. The van der Waals surface area contributed by atoms with Crippen LogP contribution in [0.25, 0.3) is 11.3 Å². The van der Waals surface area contributed by atoms with E-state index in [9.17, 15) is 0 Å². The number of thiophene rings is 1. The number of H-pyrrole nitrogens is 1. The maximum Gasteiger partial charge on any atom is 0.0710 e. The summed E-state index contributed by atoms with van der Waals surface area (Å²) in [6.45, 7) is 2.95. The molecule has 0 aliphatic rings. The van der Waals surface area contributed by atoms with E-state index in [0.29, 0.717) is 6.04 Å². The molecule has 3 rings (SSSR count). The number of aromatic amines is 1. The first-order valence-corrected chi connectivity index (χ1v) is 7.42. The van der Waals surface area contributed by atoms with Gasteiger partial charge < -0.3 is 5.32 Å². The Kier molecular flexibility index (Phi) is 3.90. The van der Waals surface area contributed by atoms with E-state index in [1.807, 2.05) is 24.5 Å². The second-order valence-electron chi connectivity index (χ2n) is 4.63. The molecule has 0 aliphatic carbocycles. The zero-order valence-corrected chi connectivity index (χ0v) is 12.0. The van der Waals surface area contributed by atoms with Crippen LogP contribution in [0.5, 0.6) is 0 Å². The SMILES string of the molecule is C[C@H](NCc1cn[nH]c1-c1cccnc1)c1cccs1. The summed E-state index contributed by atoms with van der Waals surface area (Å²) in [7, 11) is 0. The first kappa shape index (κ1) is 13.0. The number of aromatic nitrogens is 3. The van der Waals surface area contributed by atoms with Crippen molar-refractivity contribution in [2.75, 3.05) is 0 Å². The summed E-state index contributed by atoms with van der Waals surface area (Å²) in [4.78, 5) is 5.50. The fourth-order valence-electron chi connectivity index (χ4n) is 2.11. The minimum atomic E-state index is 0.339. The molecule has 0 unspecified atom stereocenters. The molecule has 4 nitrogen and oxygen atoms in total. The van der Waals surface area contributed by atoms with E-state index < -0.39 is 0 Å². The molecule has 102 valence electrons.